The minimum atomic E-state index is -0.461. The number of nitrogens with one attached hydrogen (secondary N) is 1. The van der Waals surface area contributed by atoms with Gasteiger partial charge in [-0.25, -0.2) is 5.01 Å². The number of hydrazine groups is 2. The van der Waals surface area contributed by atoms with E-state index in [0.29, 0.717) is 17.1 Å². The van der Waals surface area contributed by atoms with E-state index in [2.05, 4.69) is 12.0 Å². The van der Waals surface area contributed by atoms with Gasteiger partial charge in [0.15, 0.2) is 5.78 Å². The Bertz CT molecular complexity index is 607. The number of hydrogen-bond donors (Lipinski definition) is 1. The van der Waals surface area contributed by atoms with Crippen molar-refractivity contribution in [2.24, 2.45) is 0 Å². The number of Topliss-reactive ketones (excluding diaryl/α,β-unsaturated/α-hetero) is 1. The van der Waals surface area contributed by atoms with Gasteiger partial charge in [-0.15, -0.1) is 0 Å². The molecule has 1 N–H and O–H groups in total. The summed E-state index contributed by atoms with van der Waals surface area (Å²) in [5.74, 6) is -0.0984. The molecule has 0 aromatic heterocycles. The van der Waals surface area contributed by atoms with Crippen molar-refractivity contribution in [3.05, 3.63) is 58.6 Å². The van der Waals surface area contributed by atoms with Crippen molar-refractivity contribution in [2.45, 2.75) is 13.8 Å². The molecule has 7 nitrogen and oxygen atoms in total. The zero-order valence-electron chi connectivity index (χ0n) is 11.2. The first-order valence-electron chi connectivity index (χ1n) is 5.90. The van der Waals surface area contributed by atoms with Gasteiger partial charge in [0.1, 0.15) is 5.70 Å². The van der Waals surface area contributed by atoms with Crippen molar-refractivity contribution in [3.63, 3.8) is 0 Å². The van der Waals surface area contributed by atoms with Crippen molar-refractivity contribution in [3.8, 4) is 0 Å². The predicted molar refractivity (Wildman–Crippen MR) is 74.1 cm³/mol. The molecule has 0 amide bonds. The lowest BCUT2D eigenvalue weighted by molar-refractivity contribution is -0.384. The van der Waals surface area contributed by atoms with Crippen LogP contribution in [0.5, 0.6) is 0 Å². The van der Waals surface area contributed by atoms with Crippen LogP contribution in [0.4, 0.5) is 11.4 Å². The molecule has 7 heteroatoms. The highest BCUT2D eigenvalue weighted by Gasteiger charge is 2.28. The summed E-state index contributed by atoms with van der Waals surface area (Å²) in [5, 5.41) is 13.9. The van der Waals surface area contributed by atoms with Gasteiger partial charge in [-0.05, 0) is 19.1 Å². The Hall–Kier alpha value is -2.83. The fourth-order valence-electron chi connectivity index (χ4n) is 1.96. The van der Waals surface area contributed by atoms with E-state index < -0.39 is 4.92 Å². The van der Waals surface area contributed by atoms with E-state index in [1.54, 1.807) is 35.4 Å². The molecule has 0 aliphatic carbocycles. The molecule has 0 radical (unpaired) electrons. The lowest BCUT2D eigenvalue weighted by Crippen LogP contribution is -2.41. The maximum atomic E-state index is 11.5. The SMILES string of the molecule is C=CN1C(C)=C(C(C)=O)NN1c1ccc([N+](=O)[O-])cc1. The van der Waals surface area contributed by atoms with Gasteiger partial charge in [-0.3, -0.25) is 20.3 Å². The van der Waals surface area contributed by atoms with Crippen LogP contribution in [0.3, 0.4) is 0 Å². The van der Waals surface area contributed by atoms with Gasteiger partial charge in [-0.1, -0.05) is 6.58 Å². The third-order valence-corrected chi connectivity index (χ3v) is 2.97. The molecule has 0 atom stereocenters. The third kappa shape index (κ3) is 2.20. The molecule has 0 unspecified atom stereocenters. The smallest absolute Gasteiger partial charge is 0.269 e. The van der Waals surface area contributed by atoms with Crippen molar-refractivity contribution in [1.82, 2.24) is 10.4 Å². The Kier molecular flexibility index (Phi) is 3.43. The average molecular weight is 274 g/mol. The number of carbonyl (C=O) groups excluding carboxylic acids is 1. The highest BCUT2D eigenvalue weighted by atomic mass is 16.6. The summed E-state index contributed by atoms with van der Waals surface area (Å²) in [7, 11) is 0. The molecular formula is C13H14N4O3. The van der Waals surface area contributed by atoms with E-state index >= 15 is 0 Å². The van der Waals surface area contributed by atoms with Gasteiger partial charge in [-0.2, -0.15) is 5.12 Å². The first kappa shape index (κ1) is 13.6. The number of nitro groups is 1. The van der Waals surface area contributed by atoms with Crippen LogP contribution in [-0.4, -0.2) is 15.7 Å². The monoisotopic (exact) mass is 274 g/mol. The lowest BCUT2D eigenvalue weighted by atomic mass is 10.3. The fourth-order valence-corrected chi connectivity index (χ4v) is 1.96. The van der Waals surface area contributed by atoms with Gasteiger partial charge in [0.25, 0.3) is 5.69 Å². The van der Waals surface area contributed by atoms with Crippen molar-refractivity contribution in [1.29, 1.82) is 0 Å². The average Bonchev–Trinajstić information content (AvgIpc) is 2.75. The molecule has 0 fully saturated rings. The van der Waals surface area contributed by atoms with Crippen LogP contribution in [0.2, 0.25) is 0 Å². The first-order valence-corrected chi connectivity index (χ1v) is 5.90. The highest BCUT2D eigenvalue weighted by Crippen LogP contribution is 2.27. The van der Waals surface area contributed by atoms with E-state index in [1.165, 1.54) is 19.1 Å². The number of anilines is 1. The summed E-state index contributed by atoms with van der Waals surface area (Å²) < 4.78 is 0. The van der Waals surface area contributed by atoms with Crippen molar-refractivity contribution in [2.75, 3.05) is 5.12 Å². The predicted octanol–water partition coefficient (Wildman–Crippen LogP) is 2.10. The van der Waals surface area contributed by atoms with Gasteiger partial charge in [0, 0.05) is 25.3 Å². The Balaban J connectivity index is 2.32. The van der Waals surface area contributed by atoms with Crippen molar-refractivity contribution < 1.29 is 9.72 Å². The quantitative estimate of drug-likeness (QED) is 0.669. The second-order valence-corrected chi connectivity index (χ2v) is 4.24. The van der Waals surface area contributed by atoms with Crippen LogP contribution < -0.4 is 10.5 Å². The van der Waals surface area contributed by atoms with E-state index in [0.717, 1.165) is 0 Å². The Morgan fingerprint density at radius 2 is 2.00 bits per heavy atom. The summed E-state index contributed by atoms with van der Waals surface area (Å²) in [4.78, 5) is 21.7. The Morgan fingerprint density at radius 3 is 2.45 bits per heavy atom. The van der Waals surface area contributed by atoms with Crippen LogP contribution in [-0.2, 0) is 4.79 Å². The maximum Gasteiger partial charge on any atom is 0.269 e. The second-order valence-electron chi connectivity index (χ2n) is 4.24. The second kappa shape index (κ2) is 5.04. The molecule has 1 heterocycles. The number of benzene rings is 1. The number of rotatable bonds is 4. The normalized spacial score (nSPS) is 14.3. The van der Waals surface area contributed by atoms with Gasteiger partial charge >= 0.3 is 0 Å². The minimum Gasteiger partial charge on any atom is -0.293 e. The fraction of sp³-hybridized carbons (Fsp3) is 0.154. The molecule has 0 bridgehead atoms. The van der Waals surface area contributed by atoms with E-state index in [-0.39, 0.29) is 11.5 Å². The summed E-state index contributed by atoms with van der Waals surface area (Å²) >= 11 is 0. The molecule has 104 valence electrons. The first-order chi connectivity index (χ1) is 9.45. The number of carbonyl (C=O) groups is 1. The number of hydrogen-bond acceptors (Lipinski definition) is 6. The molecule has 1 aliphatic rings. The van der Waals surface area contributed by atoms with Crippen molar-refractivity contribution >= 4 is 17.2 Å². The summed E-state index contributed by atoms with van der Waals surface area (Å²) in [6.07, 6.45) is 1.56. The highest BCUT2D eigenvalue weighted by molar-refractivity contribution is 5.94. The van der Waals surface area contributed by atoms with Gasteiger partial charge in [0.05, 0.1) is 16.3 Å². The van der Waals surface area contributed by atoms with Crippen LogP contribution in [0.1, 0.15) is 13.8 Å². The van der Waals surface area contributed by atoms with Gasteiger partial charge in [0.2, 0.25) is 0 Å². The largest absolute Gasteiger partial charge is 0.293 e. The van der Waals surface area contributed by atoms with E-state index in [4.69, 9.17) is 0 Å². The zero-order valence-corrected chi connectivity index (χ0v) is 11.2. The molecule has 0 saturated heterocycles. The summed E-state index contributed by atoms with van der Waals surface area (Å²) in [6, 6.07) is 5.99. The van der Waals surface area contributed by atoms with Crippen LogP contribution in [0, 0.1) is 10.1 Å². The van der Waals surface area contributed by atoms with Gasteiger partial charge < -0.3 is 0 Å². The standard InChI is InChI=1S/C13H14N4O3/c1-4-15-9(2)13(10(3)18)14-16(15)11-5-7-12(8-6-11)17(19)20/h4-8,14H,1H2,2-3H3. The molecular weight excluding hydrogens is 260 g/mol. The van der Waals surface area contributed by atoms with Crippen LogP contribution in [0.25, 0.3) is 0 Å². The van der Waals surface area contributed by atoms with E-state index in [1.807, 2.05) is 0 Å². The molecule has 1 aromatic carbocycles. The number of non-ortho nitro benzene ring substituents is 1. The molecule has 1 aromatic rings. The molecule has 0 spiro atoms. The zero-order chi connectivity index (χ0) is 14.9. The van der Waals surface area contributed by atoms with Crippen LogP contribution in [0.15, 0.2) is 48.4 Å². The lowest BCUT2D eigenvalue weighted by Gasteiger charge is -2.28. The molecule has 20 heavy (non-hydrogen) atoms. The molecule has 2 rings (SSSR count). The van der Waals surface area contributed by atoms with E-state index in [9.17, 15) is 14.9 Å². The topological polar surface area (TPSA) is 78.7 Å². The minimum absolute atomic E-state index is 0.00886. The maximum absolute atomic E-state index is 11.5. The molecule has 1 aliphatic heterocycles. The summed E-state index contributed by atoms with van der Waals surface area (Å²) in [6.45, 7) is 6.95. The number of allylic oxidation sites excluding steroid dienone is 2. The third-order valence-electron chi connectivity index (χ3n) is 2.97. The number of ketones is 1. The molecule has 0 saturated carbocycles. The number of nitro benzene ring substituents is 1. The summed E-state index contributed by atoms with van der Waals surface area (Å²) in [5.41, 5.74) is 4.80. The van der Waals surface area contributed by atoms with Crippen LogP contribution >= 0.6 is 0 Å². The Labute approximate surface area is 115 Å². The number of nitrogens with zero attached hydrogens (tertiary/aromatic N) is 3. The Morgan fingerprint density at radius 1 is 1.40 bits per heavy atom.